The van der Waals surface area contributed by atoms with Gasteiger partial charge in [-0.2, -0.15) is 0 Å². The lowest BCUT2D eigenvalue weighted by Gasteiger charge is -2.14. The summed E-state index contributed by atoms with van der Waals surface area (Å²) in [5.41, 5.74) is 6.83. The van der Waals surface area contributed by atoms with E-state index in [2.05, 4.69) is 0 Å². The number of nitrogens with two attached hydrogens (primary N) is 1. The molecular formula is C10H13NO. The monoisotopic (exact) mass is 163 g/mol. The topological polar surface area (TPSA) is 43.1 Å². The van der Waals surface area contributed by atoms with Crippen LogP contribution in [0.2, 0.25) is 0 Å². The fourth-order valence-electron chi connectivity index (χ4n) is 1.06. The molecular weight excluding hydrogens is 150 g/mol. The zero-order valence-electron chi connectivity index (χ0n) is 7.10. The summed E-state index contributed by atoms with van der Waals surface area (Å²) in [5, 5.41) is 0. The first-order valence-electron chi connectivity index (χ1n) is 4.01. The van der Waals surface area contributed by atoms with Gasteiger partial charge in [-0.15, -0.1) is 0 Å². The summed E-state index contributed by atoms with van der Waals surface area (Å²) >= 11 is 0. The second kappa shape index (κ2) is 4.02. The van der Waals surface area contributed by atoms with Crippen LogP contribution in [0.4, 0.5) is 0 Å². The molecule has 2 heteroatoms. The van der Waals surface area contributed by atoms with E-state index in [0.717, 1.165) is 11.8 Å². The third kappa shape index (κ3) is 1.92. The van der Waals surface area contributed by atoms with Crippen LogP contribution in [0.15, 0.2) is 30.3 Å². The van der Waals surface area contributed by atoms with Crippen molar-refractivity contribution in [2.24, 2.45) is 11.7 Å². The van der Waals surface area contributed by atoms with Crippen LogP contribution < -0.4 is 5.73 Å². The Morgan fingerprint density at radius 3 is 2.42 bits per heavy atom. The van der Waals surface area contributed by atoms with E-state index >= 15 is 0 Å². The van der Waals surface area contributed by atoms with Crippen LogP contribution >= 0.6 is 0 Å². The molecule has 0 unspecified atom stereocenters. The standard InChI is InChI=1S/C10H13NO/c1-8(7-12)10(11)9-5-3-2-4-6-9/h2-8,10H,11H2,1H3/t8-,10-/m0/s1. The fraction of sp³-hybridized carbons (Fsp3) is 0.300. The maximum absolute atomic E-state index is 10.4. The van der Waals surface area contributed by atoms with Gasteiger partial charge in [0, 0.05) is 12.0 Å². The van der Waals surface area contributed by atoms with Gasteiger partial charge in [-0.1, -0.05) is 37.3 Å². The number of hydrogen-bond donors (Lipinski definition) is 1. The predicted molar refractivity (Wildman–Crippen MR) is 48.6 cm³/mol. The van der Waals surface area contributed by atoms with Gasteiger partial charge in [0.15, 0.2) is 0 Å². The Balaban J connectivity index is 2.78. The average Bonchev–Trinajstić information content (AvgIpc) is 2.17. The molecule has 2 N–H and O–H groups in total. The molecule has 1 aromatic carbocycles. The third-order valence-corrected chi connectivity index (χ3v) is 1.97. The maximum atomic E-state index is 10.4. The van der Waals surface area contributed by atoms with Crippen LogP contribution in [-0.2, 0) is 4.79 Å². The van der Waals surface area contributed by atoms with Crippen LogP contribution in [0.3, 0.4) is 0 Å². The zero-order chi connectivity index (χ0) is 8.97. The smallest absolute Gasteiger partial charge is 0.124 e. The van der Waals surface area contributed by atoms with Crippen LogP contribution in [0.5, 0.6) is 0 Å². The van der Waals surface area contributed by atoms with Crippen LogP contribution in [0.25, 0.3) is 0 Å². The van der Waals surface area contributed by atoms with E-state index in [0.29, 0.717) is 0 Å². The molecule has 64 valence electrons. The van der Waals surface area contributed by atoms with Gasteiger partial charge in [0.25, 0.3) is 0 Å². The van der Waals surface area contributed by atoms with Crippen molar-refractivity contribution in [3.8, 4) is 0 Å². The van der Waals surface area contributed by atoms with Crippen molar-refractivity contribution in [3.63, 3.8) is 0 Å². The van der Waals surface area contributed by atoms with Gasteiger partial charge in [-0.25, -0.2) is 0 Å². The lowest BCUT2D eigenvalue weighted by atomic mass is 9.97. The number of hydrogen-bond acceptors (Lipinski definition) is 2. The largest absolute Gasteiger partial charge is 0.323 e. The Bertz CT molecular complexity index is 245. The van der Waals surface area contributed by atoms with Gasteiger partial charge < -0.3 is 10.5 Å². The van der Waals surface area contributed by atoms with Crippen LogP contribution in [-0.4, -0.2) is 6.29 Å². The highest BCUT2D eigenvalue weighted by Gasteiger charge is 2.12. The number of benzene rings is 1. The van der Waals surface area contributed by atoms with Crippen LogP contribution in [0.1, 0.15) is 18.5 Å². The maximum Gasteiger partial charge on any atom is 0.124 e. The average molecular weight is 163 g/mol. The first-order chi connectivity index (χ1) is 5.75. The minimum Gasteiger partial charge on any atom is -0.323 e. The molecule has 2 atom stereocenters. The van der Waals surface area contributed by atoms with Crippen molar-refractivity contribution in [3.05, 3.63) is 35.9 Å². The molecule has 0 saturated carbocycles. The zero-order valence-corrected chi connectivity index (χ0v) is 7.10. The molecule has 0 radical (unpaired) electrons. The van der Waals surface area contributed by atoms with E-state index in [4.69, 9.17) is 5.73 Å². The Hall–Kier alpha value is -1.15. The summed E-state index contributed by atoms with van der Waals surface area (Å²) in [4.78, 5) is 10.4. The SMILES string of the molecule is C[C@@H](C=O)[C@H](N)c1ccccc1. The van der Waals surface area contributed by atoms with E-state index in [1.807, 2.05) is 37.3 Å². The summed E-state index contributed by atoms with van der Waals surface area (Å²) in [7, 11) is 0. The first-order valence-corrected chi connectivity index (χ1v) is 4.01. The van der Waals surface area contributed by atoms with Crippen molar-refractivity contribution in [2.45, 2.75) is 13.0 Å². The molecule has 1 rings (SSSR count). The van der Waals surface area contributed by atoms with E-state index in [1.54, 1.807) is 0 Å². The Morgan fingerprint density at radius 2 is 1.92 bits per heavy atom. The molecule has 0 bridgehead atoms. The lowest BCUT2D eigenvalue weighted by molar-refractivity contribution is -0.111. The minimum absolute atomic E-state index is 0.118. The molecule has 0 aliphatic carbocycles. The Kier molecular flexibility index (Phi) is 3.00. The molecule has 0 spiro atoms. The summed E-state index contributed by atoms with van der Waals surface area (Å²) < 4.78 is 0. The van der Waals surface area contributed by atoms with Crippen molar-refractivity contribution >= 4 is 6.29 Å². The van der Waals surface area contributed by atoms with Crippen LogP contribution in [0, 0.1) is 5.92 Å². The number of carbonyl (C=O) groups excluding carboxylic acids is 1. The van der Waals surface area contributed by atoms with Gasteiger partial charge in [0.05, 0.1) is 0 Å². The second-order valence-corrected chi connectivity index (χ2v) is 2.93. The number of rotatable bonds is 3. The quantitative estimate of drug-likeness (QED) is 0.686. The van der Waals surface area contributed by atoms with Crippen molar-refractivity contribution in [1.82, 2.24) is 0 Å². The molecule has 0 heterocycles. The normalized spacial score (nSPS) is 15.2. The summed E-state index contributed by atoms with van der Waals surface area (Å²) in [6.45, 7) is 1.82. The second-order valence-electron chi connectivity index (χ2n) is 2.93. The molecule has 1 aromatic rings. The van der Waals surface area contributed by atoms with Gasteiger partial charge >= 0.3 is 0 Å². The highest BCUT2D eigenvalue weighted by molar-refractivity contribution is 5.54. The fourth-order valence-corrected chi connectivity index (χ4v) is 1.06. The molecule has 0 amide bonds. The molecule has 0 saturated heterocycles. The minimum atomic E-state index is -0.177. The highest BCUT2D eigenvalue weighted by Crippen LogP contribution is 2.16. The summed E-state index contributed by atoms with van der Waals surface area (Å²) in [6, 6.07) is 9.47. The summed E-state index contributed by atoms with van der Waals surface area (Å²) in [6.07, 6.45) is 0.887. The highest BCUT2D eigenvalue weighted by atomic mass is 16.1. The van der Waals surface area contributed by atoms with Gasteiger partial charge in [0.2, 0.25) is 0 Å². The molecule has 0 fully saturated rings. The predicted octanol–water partition coefficient (Wildman–Crippen LogP) is 1.52. The van der Waals surface area contributed by atoms with Crippen molar-refractivity contribution in [1.29, 1.82) is 0 Å². The molecule has 0 aliphatic heterocycles. The first kappa shape index (κ1) is 8.94. The Labute approximate surface area is 72.4 Å². The molecule has 0 aliphatic rings. The lowest BCUT2D eigenvalue weighted by Crippen LogP contribution is -2.19. The van der Waals surface area contributed by atoms with Crippen molar-refractivity contribution < 1.29 is 4.79 Å². The van der Waals surface area contributed by atoms with E-state index in [9.17, 15) is 4.79 Å². The van der Waals surface area contributed by atoms with Crippen molar-refractivity contribution in [2.75, 3.05) is 0 Å². The van der Waals surface area contributed by atoms with Gasteiger partial charge in [-0.3, -0.25) is 0 Å². The number of aldehydes is 1. The Morgan fingerprint density at radius 1 is 1.33 bits per heavy atom. The summed E-state index contributed by atoms with van der Waals surface area (Å²) in [5.74, 6) is -0.118. The van der Waals surface area contributed by atoms with E-state index in [1.165, 1.54) is 0 Å². The van der Waals surface area contributed by atoms with E-state index in [-0.39, 0.29) is 12.0 Å². The van der Waals surface area contributed by atoms with E-state index < -0.39 is 0 Å². The molecule has 2 nitrogen and oxygen atoms in total. The number of carbonyl (C=O) groups is 1. The third-order valence-electron chi connectivity index (χ3n) is 1.97. The van der Waals surface area contributed by atoms with Gasteiger partial charge in [-0.05, 0) is 5.56 Å². The molecule has 12 heavy (non-hydrogen) atoms. The molecule has 0 aromatic heterocycles. The van der Waals surface area contributed by atoms with Gasteiger partial charge in [0.1, 0.15) is 6.29 Å².